The number of ether oxygens (including phenoxy) is 1. The van der Waals surface area contributed by atoms with Crippen molar-refractivity contribution in [3.8, 4) is 0 Å². The van der Waals surface area contributed by atoms with E-state index in [9.17, 15) is 9.59 Å². The van der Waals surface area contributed by atoms with Gasteiger partial charge in [-0.3, -0.25) is 14.5 Å². The molecule has 1 heterocycles. The van der Waals surface area contributed by atoms with Gasteiger partial charge in [0, 0.05) is 25.0 Å². The number of carbonyl (C=O) groups excluding carboxylic acids is 2. The summed E-state index contributed by atoms with van der Waals surface area (Å²) >= 11 is 0. The molecule has 0 aromatic carbocycles. The molecule has 1 atom stereocenters. The van der Waals surface area contributed by atoms with Crippen molar-refractivity contribution in [2.24, 2.45) is 5.92 Å². The number of esters is 1. The van der Waals surface area contributed by atoms with Crippen LogP contribution < -0.4 is 5.32 Å². The third-order valence-corrected chi connectivity index (χ3v) is 3.58. The quantitative estimate of drug-likeness (QED) is 0.762. The Morgan fingerprint density at radius 1 is 1.26 bits per heavy atom. The summed E-state index contributed by atoms with van der Waals surface area (Å²) in [5.74, 6) is -0.0273. The molecule has 0 bridgehead atoms. The van der Waals surface area contributed by atoms with Gasteiger partial charge in [-0.25, -0.2) is 0 Å². The maximum absolute atomic E-state index is 11.7. The van der Waals surface area contributed by atoms with Gasteiger partial charge in [-0.1, -0.05) is 13.8 Å². The van der Waals surface area contributed by atoms with E-state index in [4.69, 9.17) is 4.74 Å². The van der Waals surface area contributed by atoms with Crippen LogP contribution in [0.3, 0.4) is 0 Å². The molecule has 1 aliphatic heterocycles. The molecule has 0 aromatic heterocycles. The Bertz CT molecular complexity index is 310. The lowest BCUT2D eigenvalue weighted by molar-refractivity contribution is -0.149. The van der Waals surface area contributed by atoms with Gasteiger partial charge in [-0.15, -0.1) is 0 Å². The smallest absolute Gasteiger partial charge is 0.323 e. The highest BCUT2D eigenvalue weighted by Gasteiger charge is 2.28. The van der Waals surface area contributed by atoms with Crippen molar-refractivity contribution in [3.63, 3.8) is 0 Å². The largest absolute Gasteiger partial charge is 0.465 e. The first-order chi connectivity index (χ1) is 8.95. The average Bonchev–Trinajstić information content (AvgIpc) is 2.39. The number of hydrogen-bond donors (Lipinski definition) is 1. The van der Waals surface area contributed by atoms with E-state index >= 15 is 0 Å². The van der Waals surface area contributed by atoms with Crippen LogP contribution in [-0.2, 0) is 14.3 Å². The van der Waals surface area contributed by atoms with Gasteiger partial charge in [-0.05, 0) is 26.7 Å². The van der Waals surface area contributed by atoms with E-state index in [2.05, 4.69) is 10.2 Å². The Morgan fingerprint density at radius 2 is 1.84 bits per heavy atom. The molecule has 19 heavy (non-hydrogen) atoms. The lowest BCUT2D eigenvalue weighted by Crippen LogP contribution is -2.50. The zero-order valence-corrected chi connectivity index (χ0v) is 12.4. The minimum atomic E-state index is -0.193. The topological polar surface area (TPSA) is 58.6 Å². The average molecular weight is 270 g/mol. The molecule has 1 N–H and O–H groups in total. The highest BCUT2D eigenvalue weighted by molar-refractivity contribution is 5.78. The molecule has 0 aromatic rings. The third-order valence-electron chi connectivity index (χ3n) is 3.58. The molecule has 0 radical (unpaired) electrons. The number of hydrogen-bond acceptors (Lipinski definition) is 4. The Labute approximate surface area is 115 Å². The molecule has 0 aliphatic carbocycles. The minimum absolute atomic E-state index is 0.0245. The van der Waals surface area contributed by atoms with Crippen LogP contribution in [0, 0.1) is 5.92 Å². The van der Waals surface area contributed by atoms with Gasteiger partial charge >= 0.3 is 5.97 Å². The van der Waals surface area contributed by atoms with Gasteiger partial charge in [0.1, 0.15) is 6.04 Å². The zero-order valence-electron chi connectivity index (χ0n) is 12.4. The molecule has 5 heteroatoms. The van der Waals surface area contributed by atoms with E-state index in [1.54, 1.807) is 0 Å². The lowest BCUT2D eigenvalue weighted by atomic mass is 10.0. The lowest BCUT2D eigenvalue weighted by Gasteiger charge is -2.35. The summed E-state index contributed by atoms with van der Waals surface area (Å²) < 4.78 is 5.03. The van der Waals surface area contributed by atoms with E-state index in [1.807, 2.05) is 27.7 Å². The number of nitrogens with one attached hydrogen (secondary N) is 1. The normalized spacial score (nSPS) is 19.2. The fraction of sp³-hybridized carbons (Fsp3) is 0.857. The van der Waals surface area contributed by atoms with Gasteiger partial charge in [-0.2, -0.15) is 0 Å². The summed E-state index contributed by atoms with van der Waals surface area (Å²) in [5.41, 5.74) is 0. The van der Waals surface area contributed by atoms with Crippen molar-refractivity contribution in [1.29, 1.82) is 0 Å². The van der Waals surface area contributed by atoms with Gasteiger partial charge in [0.05, 0.1) is 6.61 Å². The van der Waals surface area contributed by atoms with Crippen LogP contribution in [0.15, 0.2) is 0 Å². The zero-order chi connectivity index (χ0) is 14.4. The van der Waals surface area contributed by atoms with Crippen LogP contribution in [0.4, 0.5) is 0 Å². The molecule has 5 nitrogen and oxygen atoms in total. The summed E-state index contributed by atoms with van der Waals surface area (Å²) in [7, 11) is 0. The van der Waals surface area contributed by atoms with Gasteiger partial charge in [0.2, 0.25) is 5.91 Å². The van der Waals surface area contributed by atoms with Crippen LogP contribution in [-0.4, -0.2) is 48.6 Å². The molecule has 1 aliphatic rings. The van der Waals surface area contributed by atoms with Crippen molar-refractivity contribution < 1.29 is 14.3 Å². The second-order valence-electron chi connectivity index (χ2n) is 5.40. The molecule has 0 saturated carbocycles. The molecule has 1 rings (SSSR count). The van der Waals surface area contributed by atoms with Crippen molar-refractivity contribution in [1.82, 2.24) is 10.2 Å². The molecule has 0 spiro atoms. The van der Waals surface area contributed by atoms with Crippen LogP contribution in [0.5, 0.6) is 0 Å². The number of nitrogens with zero attached hydrogens (tertiary/aromatic N) is 1. The summed E-state index contributed by atoms with van der Waals surface area (Å²) in [6.07, 6.45) is 1.78. The predicted octanol–water partition coefficient (Wildman–Crippen LogP) is 1.17. The van der Waals surface area contributed by atoms with Crippen molar-refractivity contribution in [2.75, 3.05) is 19.7 Å². The van der Waals surface area contributed by atoms with Crippen LogP contribution in [0.25, 0.3) is 0 Å². The van der Waals surface area contributed by atoms with E-state index < -0.39 is 0 Å². The standard InChI is InChI=1S/C14H26N2O3/c1-5-19-14(18)11(4)16-8-6-12(7-9-16)15-13(17)10(2)3/h10-12H,5-9H2,1-4H3,(H,15,17)/t11-/m0/s1. The molecule has 1 saturated heterocycles. The maximum atomic E-state index is 11.7. The monoisotopic (exact) mass is 270 g/mol. The van der Waals surface area contributed by atoms with Crippen molar-refractivity contribution in [3.05, 3.63) is 0 Å². The highest BCUT2D eigenvalue weighted by Crippen LogP contribution is 2.14. The molecular weight excluding hydrogens is 244 g/mol. The molecular formula is C14H26N2O3. The summed E-state index contributed by atoms with van der Waals surface area (Å²) in [4.78, 5) is 25.4. The first kappa shape index (κ1) is 16.0. The van der Waals surface area contributed by atoms with E-state index in [1.165, 1.54) is 0 Å². The number of amides is 1. The number of piperidine rings is 1. The Kier molecular flexibility index (Phi) is 6.28. The van der Waals surface area contributed by atoms with Crippen molar-refractivity contribution in [2.45, 2.75) is 52.6 Å². The number of rotatable bonds is 5. The highest BCUT2D eigenvalue weighted by atomic mass is 16.5. The Hall–Kier alpha value is -1.10. The van der Waals surface area contributed by atoms with Gasteiger partial charge in [0.25, 0.3) is 0 Å². The summed E-state index contributed by atoms with van der Waals surface area (Å²) in [6.45, 7) is 9.56. The SMILES string of the molecule is CCOC(=O)[C@H](C)N1CCC(NC(=O)C(C)C)CC1. The summed E-state index contributed by atoms with van der Waals surface area (Å²) in [6, 6.07) is 0.0437. The predicted molar refractivity (Wildman–Crippen MR) is 73.7 cm³/mol. The molecule has 0 unspecified atom stereocenters. The number of likely N-dealkylation sites (tertiary alicyclic amines) is 1. The first-order valence-corrected chi connectivity index (χ1v) is 7.16. The molecule has 1 fully saturated rings. The van der Waals surface area contributed by atoms with E-state index in [-0.39, 0.29) is 29.9 Å². The fourth-order valence-electron chi connectivity index (χ4n) is 2.21. The van der Waals surface area contributed by atoms with Crippen LogP contribution in [0.1, 0.15) is 40.5 Å². The Morgan fingerprint density at radius 3 is 2.32 bits per heavy atom. The molecule has 1 amide bonds. The summed E-state index contributed by atoms with van der Waals surface area (Å²) in [5, 5.41) is 3.05. The Balaban J connectivity index is 2.36. The van der Waals surface area contributed by atoms with Crippen molar-refractivity contribution >= 4 is 11.9 Å². The van der Waals surface area contributed by atoms with E-state index in [0.29, 0.717) is 6.61 Å². The second-order valence-corrected chi connectivity index (χ2v) is 5.40. The van der Waals surface area contributed by atoms with Crippen LogP contribution in [0.2, 0.25) is 0 Å². The third kappa shape index (κ3) is 4.82. The first-order valence-electron chi connectivity index (χ1n) is 7.16. The van der Waals surface area contributed by atoms with Gasteiger partial charge in [0.15, 0.2) is 0 Å². The minimum Gasteiger partial charge on any atom is -0.465 e. The second kappa shape index (κ2) is 7.48. The van der Waals surface area contributed by atoms with Gasteiger partial charge < -0.3 is 10.1 Å². The van der Waals surface area contributed by atoms with Crippen LogP contribution >= 0.6 is 0 Å². The molecule has 110 valence electrons. The van der Waals surface area contributed by atoms with E-state index in [0.717, 1.165) is 25.9 Å². The maximum Gasteiger partial charge on any atom is 0.323 e. The fourth-order valence-corrected chi connectivity index (χ4v) is 2.21. The number of carbonyl (C=O) groups is 2.